The van der Waals surface area contributed by atoms with E-state index in [9.17, 15) is 0 Å². The van der Waals surface area contributed by atoms with Crippen LogP contribution >= 0.6 is 0 Å². The summed E-state index contributed by atoms with van der Waals surface area (Å²) in [6.07, 6.45) is 0.298. The second-order valence-electron chi connectivity index (χ2n) is 8.00. The molecule has 4 aromatic carbocycles. The van der Waals surface area contributed by atoms with Crippen LogP contribution in [0.2, 0.25) is 0 Å². The molecule has 0 saturated heterocycles. The van der Waals surface area contributed by atoms with Gasteiger partial charge in [-0.05, 0) is 28.8 Å². The zero-order chi connectivity index (χ0) is 19.9. The molecule has 0 radical (unpaired) electrons. The van der Waals surface area contributed by atoms with Crippen molar-refractivity contribution in [3.8, 4) is 11.1 Å². The number of nitrogens with one attached hydrogen (secondary N) is 2. The summed E-state index contributed by atoms with van der Waals surface area (Å²) in [4.78, 5) is 2.52. The summed E-state index contributed by atoms with van der Waals surface area (Å²) in [6, 6.07) is 36.8. The molecule has 0 unspecified atom stereocenters. The van der Waals surface area contributed by atoms with Crippen LogP contribution in [-0.2, 0) is 6.54 Å². The van der Waals surface area contributed by atoms with Gasteiger partial charge in [-0.1, -0.05) is 91.0 Å². The number of anilines is 2. The summed E-state index contributed by atoms with van der Waals surface area (Å²) in [5, 5.41) is 7.56. The van der Waals surface area contributed by atoms with Gasteiger partial charge in [0.25, 0.3) is 0 Å². The van der Waals surface area contributed by atoms with Crippen molar-refractivity contribution in [1.29, 1.82) is 0 Å². The molecule has 0 aliphatic carbocycles. The van der Waals surface area contributed by atoms with Gasteiger partial charge in [0.15, 0.2) is 0 Å². The van der Waals surface area contributed by atoms with Crippen molar-refractivity contribution in [2.45, 2.75) is 18.9 Å². The molecule has 3 nitrogen and oxygen atoms in total. The van der Waals surface area contributed by atoms with Gasteiger partial charge in [0.2, 0.25) is 0 Å². The first-order valence-electron chi connectivity index (χ1n) is 10.5. The van der Waals surface area contributed by atoms with Crippen molar-refractivity contribution in [2.75, 3.05) is 10.6 Å². The summed E-state index contributed by atoms with van der Waals surface area (Å²) in [7, 11) is 0. The van der Waals surface area contributed by atoms with Crippen LogP contribution in [0.5, 0.6) is 0 Å². The van der Waals surface area contributed by atoms with Crippen LogP contribution in [0.3, 0.4) is 0 Å². The Labute approximate surface area is 177 Å². The van der Waals surface area contributed by atoms with Gasteiger partial charge in [0.1, 0.15) is 12.3 Å². The third kappa shape index (κ3) is 2.87. The smallest absolute Gasteiger partial charge is 0.110 e. The maximum absolute atomic E-state index is 3.78. The molecule has 0 saturated carbocycles. The predicted octanol–water partition coefficient (Wildman–Crippen LogP) is 6.40. The van der Waals surface area contributed by atoms with Crippen molar-refractivity contribution in [3.63, 3.8) is 0 Å². The lowest BCUT2D eigenvalue weighted by atomic mass is 9.95. The van der Waals surface area contributed by atoms with Crippen molar-refractivity contribution < 1.29 is 0 Å². The lowest BCUT2D eigenvalue weighted by molar-refractivity contribution is 0.138. The lowest BCUT2D eigenvalue weighted by Gasteiger charge is -2.49. The van der Waals surface area contributed by atoms with Crippen molar-refractivity contribution in [3.05, 3.63) is 120 Å². The summed E-state index contributed by atoms with van der Waals surface area (Å²) < 4.78 is 0. The van der Waals surface area contributed by atoms with Gasteiger partial charge in [0.05, 0.1) is 0 Å². The molecule has 6 rings (SSSR count). The molecule has 2 aliphatic rings. The highest BCUT2D eigenvalue weighted by atomic mass is 15.4. The quantitative estimate of drug-likeness (QED) is 0.424. The Morgan fingerprint density at radius 3 is 1.63 bits per heavy atom. The van der Waals surface area contributed by atoms with E-state index in [4.69, 9.17) is 0 Å². The van der Waals surface area contributed by atoms with E-state index in [1.807, 2.05) is 0 Å². The minimum absolute atomic E-state index is 0.149. The van der Waals surface area contributed by atoms with Gasteiger partial charge >= 0.3 is 0 Å². The molecule has 2 bridgehead atoms. The van der Waals surface area contributed by atoms with Crippen LogP contribution in [0.4, 0.5) is 11.4 Å². The van der Waals surface area contributed by atoms with Gasteiger partial charge in [0, 0.05) is 29.0 Å². The van der Waals surface area contributed by atoms with E-state index in [1.165, 1.54) is 39.2 Å². The van der Waals surface area contributed by atoms with E-state index in [0.717, 1.165) is 6.54 Å². The van der Waals surface area contributed by atoms with Crippen LogP contribution in [0.15, 0.2) is 103 Å². The predicted molar refractivity (Wildman–Crippen MR) is 123 cm³/mol. The highest BCUT2D eigenvalue weighted by Crippen LogP contribution is 2.47. The van der Waals surface area contributed by atoms with Crippen LogP contribution in [0, 0.1) is 0 Å². The standard InChI is InChI=1S/C27H23N3/c1-2-8-20(9-3-1)21-16-14-19(15-17-21)18-30-26-22-10-4-6-12-24(22)28-27(30)23-11-5-7-13-25(23)29-26/h1-17,26-29H,18H2/t26-,27-/m1/s1. The lowest BCUT2D eigenvalue weighted by Crippen LogP contribution is -2.47. The first-order chi connectivity index (χ1) is 14.9. The fourth-order valence-corrected chi connectivity index (χ4v) is 4.68. The van der Waals surface area contributed by atoms with Crippen LogP contribution < -0.4 is 10.6 Å². The number of para-hydroxylation sites is 2. The molecular formula is C27H23N3. The zero-order valence-electron chi connectivity index (χ0n) is 16.6. The topological polar surface area (TPSA) is 27.3 Å². The molecule has 2 heterocycles. The van der Waals surface area contributed by atoms with Gasteiger partial charge in [-0.2, -0.15) is 0 Å². The molecule has 2 atom stereocenters. The Morgan fingerprint density at radius 2 is 1.03 bits per heavy atom. The number of rotatable bonds is 3. The number of fused-ring (bicyclic) bond motifs is 6. The van der Waals surface area contributed by atoms with E-state index < -0.39 is 0 Å². The largest absolute Gasteiger partial charge is 0.365 e. The number of hydrogen-bond acceptors (Lipinski definition) is 3. The van der Waals surface area contributed by atoms with E-state index in [2.05, 4.69) is 119 Å². The monoisotopic (exact) mass is 389 g/mol. The van der Waals surface area contributed by atoms with Gasteiger partial charge in [-0.25, -0.2) is 0 Å². The van der Waals surface area contributed by atoms with Crippen LogP contribution in [0.1, 0.15) is 29.0 Å². The molecule has 146 valence electrons. The van der Waals surface area contributed by atoms with E-state index in [1.54, 1.807) is 0 Å². The minimum Gasteiger partial charge on any atom is -0.365 e. The van der Waals surface area contributed by atoms with E-state index in [0.29, 0.717) is 0 Å². The maximum atomic E-state index is 3.78. The molecule has 3 heteroatoms. The molecule has 0 fully saturated rings. The summed E-state index contributed by atoms with van der Waals surface area (Å²) >= 11 is 0. The average Bonchev–Trinajstić information content (AvgIpc) is 2.81. The van der Waals surface area contributed by atoms with Gasteiger partial charge < -0.3 is 10.6 Å². The Kier molecular flexibility index (Phi) is 4.07. The molecule has 4 aromatic rings. The SMILES string of the molecule is c1ccc(-c2ccc(CN3[C@H]4Nc5ccccc5[C@@H]3Nc3ccccc34)cc2)cc1. The van der Waals surface area contributed by atoms with E-state index in [-0.39, 0.29) is 12.3 Å². The minimum atomic E-state index is 0.149. The second-order valence-corrected chi connectivity index (χ2v) is 8.00. The Hall–Kier alpha value is -3.56. The normalized spacial score (nSPS) is 19.2. The molecule has 0 aromatic heterocycles. The summed E-state index contributed by atoms with van der Waals surface area (Å²) in [5.74, 6) is 0. The highest BCUT2D eigenvalue weighted by molar-refractivity contribution is 5.66. The molecule has 0 amide bonds. The Balaban J connectivity index is 1.35. The second kappa shape index (κ2) is 7.05. The first kappa shape index (κ1) is 17.3. The van der Waals surface area contributed by atoms with Crippen LogP contribution in [-0.4, -0.2) is 4.90 Å². The van der Waals surface area contributed by atoms with Crippen LogP contribution in [0.25, 0.3) is 11.1 Å². The molecular weight excluding hydrogens is 366 g/mol. The summed E-state index contributed by atoms with van der Waals surface area (Å²) in [6.45, 7) is 0.868. The Morgan fingerprint density at radius 1 is 0.533 bits per heavy atom. The number of benzene rings is 4. The average molecular weight is 390 g/mol. The fraction of sp³-hybridized carbons (Fsp3) is 0.111. The number of nitrogens with zero attached hydrogens (tertiary/aromatic N) is 1. The highest BCUT2D eigenvalue weighted by Gasteiger charge is 2.39. The van der Waals surface area contributed by atoms with Crippen molar-refractivity contribution >= 4 is 11.4 Å². The third-order valence-electron chi connectivity index (χ3n) is 6.18. The van der Waals surface area contributed by atoms with Crippen molar-refractivity contribution in [2.24, 2.45) is 0 Å². The fourth-order valence-electron chi connectivity index (χ4n) is 4.68. The number of hydrogen-bond donors (Lipinski definition) is 2. The summed E-state index contributed by atoms with van der Waals surface area (Å²) in [5.41, 5.74) is 8.84. The van der Waals surface area contributed by atoms with E-state index >= 15 is 0 Å². The van der Waals surface area contributed by atoms with Gasteiger partial charge in [-0.3, -0.25) is 4.90 Å². The molecule has 0 spiro atoms. The molecule has 30 heavy (non-hydrogen) atoms. The zero-order valence-corrected chi connectivity index (χ0v) is 16.6. The van der Waals surface area contributed by atoms with Crippen molar-refractivity contribution in [1.82, 2.24) is 4.90 Å². The third-order valence-corrected chi connectivity index (χ3v) is 6.18. The molecule has 2 aliphatic heterocycles. The van der Waals surface area contributed by atoms with Gasteiger partial charge in [-0.15, -0.1) is 0 Å². The first-order valence-corrected chi connectivity index (χ1v) is 10.5. The maximum Gasteiger partial charge on any atom is 0.110 e. The Bertz CT molecular complexity index is 1130. The molecule has 2 N–H and O–H groups in total.